The zero-order valence-corrected chi connectivity index (χ0v) is 19.3. The summed E-state index contributed by atoms with van der Waals surface area (Å²) >= 11 is 7.59. The lowest BCUT2D eigenvalue weighted by Crippen LogP contribution is -2.47. The number of likely N-dealkylation sites (tertiary alicyclic amines) is 1. The van der Waals surface area contributed by atoms with E-state index in [2.05, 4.69) is 27.0 Å². The standard InChI is InChI=1S/C25H26ClN3OS/c1-17-28-22(23(31-17)18-5-3-2-4-6-18)24(30)29-14-13-25(11-12-25)15-21(29)10-9-20-8-7-19(26)16-27-20/h2-8,16,21H,9-15H2,1H3. The van der Waals surface area contributed by atoms with E-state index in [4.69, 9.17) is 11.6 Å². The van der Waals surface area contributed by atoms with Crippen molar-refractivity contribution < 1.29 is 4.79 Å². The van der Waals surface area contributed by atoms with Crippen LogP contribution in [0.5, 0.6) is 0 Å². The third-order valence-electron chi connectivity index (χ3n) is 6.71. The molecule has 160 valence electrons. The monoisotopic (exact) mass is 451 g/mol. The molecule has 3 heterocycles. The number of piperidine rings is 1. The van der Waals surface area contributed by atoms with E-state index in [9.17, 15) is 4.79 Å². The number of aryl methyl sites for hydroxylation is 2. The van der Waals surface area contributed by atoms with Crippen molar-refractivity contribution in [3.05, 3.63) is 70.1 Å². The molecule has 1 saturated carbocycles. The second-order valence-corrected chi connectivity index (χ2v) is 10.5. The first kappa shape index (κ1) is 20.7. The highest BCUT2D eigenvalue weighted by Gasteiger charge is 2.49. The number of carbonyl (C=O) groups is 1. The molecular formula is C25H26ClN3OS. The van der Waals surface area contributed by atoms with Gasteiger partial charge in [0.05, 0.1) is 14.9 Å². The average molecular weight is 452 g/mol. The fourth-order valence-corrected chi connectivity index (χ4v) is 5.80. The summed E-state index contributed by atoms with van der Waals surface area (Å²) in [6.07, 6.45) is 8.28. The van der Waals surface area contributed by atoms with Crippen LogP contribution < -0.4 is 0 Å². The number of nitrogens with zero attached hydrogens (tertiary/aromatic N) is 3. The van der Waals surface area contributed by atoms with Crippen molar-refractivity contribution in [1.29, 1.82) is 0 Å². The summed E-state index contributed by atoms with van der Waals surface area (Å²) in [6.45, 7) is 2.80. The highest BCUT2D eigenvalue weighted by molar-refractivity contribution is 7.15. The lowest BCUT2D eigenvalue weighted by molar-refractivity contribution is 0.0504. The molecule has 2 fully saturated rings. The van der Waals surface area contributed by atoms with Gasteiger partial charge in [0.25, 0.3) is 5.91 Å². The Kier molecular flexibility index (Phi) is 5.57. The van der Waals surface area contributed by atoms with Crippen LogP contribution in [0.3, 0.4) is 0 Å². The summed E-state index contributed by atoms with van der Waals surface area (Å²) in [7, 11) is 0. The Morgan fingerprint density at radius 3 is 2.71 bits per heavy atom. The molecule has 1 atom stereocenters. The van der Waals surface area contributed by atoms with Crippen molar-refractivity contribution in [3.63, 3.8) is 0 Å². The predicted molar refractivity (Wildman–Crippen MR) is 126 cm³/mol. The molecule has 1 spiro atoms. The molecule has 0 radical (unpaired) electrons. The number of rotatable bonds is 5. The number of halogens is 1. The van der Waals surface area contributed by atoms with Gasteiger partial charge in [-0.05, 0) is 68.6 Å². The Bertz CT molecular complexity index is 1080. The van der Waals surface area contributed by atoms with E-state index in [1.807, 2.05) is 37.3 Å². The number of pyridine rings is 1. The summed E-state index contributed by atoms with van der Waals surface area (Å²) in [5.41, 5.74) is 3.17. The molecule has 1 saturated heterocycles. The van der Waals surface area contributed by atoms with E-state index in [0.717, 1.165) is 53.4 Å². The summed E-state index contributed by atoms with van der Waals surface area (Å²) in [5, 5.41) is 1.59. The second-order valence-electron chi connectivity index (χ2n) is 8.89. The van der Waals surface area contributed by atoms with E-state index >= 15 is 0 Å². The topological polar surface area (TPSA) is 46.1 Å². The number of aromatic nitrogens is 2. The molecule has 6 heteroatoms. The van der Waals surface area contributed by atoms with Gasteiger partial charge in [-0.2, -0.15) is 0 Å². The minimum Gasteiger partial charge on any atom is -0.334 e. The van der Waals surface area contributed by atoms with Gasteiger partial charge >= 0.3 is 0 Å². The maximum atomic E-state index is 13.7. The first-order valence-corrected chi connectivity index (χ1v) is 12.2. The van der Waals surface area contributed by atoms with Crippen LogP contribution in [0.2, 0.25) is 5.02 Å². The lowest BCUT2D eigenvalue weighted by Gasteiger charge is -2.40. The molecule has 1 aliphatic heterocycles. The largest absolute Gasteiger partial charge is 0.334 e. The number of benzene rings is 1. The zero-order valence-electron chi connectivity index (χ0n) is 17.7. The first-order valence-electron chi connectivity index (χ1n) is 11.0. The maximum absolute atomic E-state index is 13.7. The quantitative estimate of drug-likeness (QED) is 0.465. The predicted octanol–water partition coefficient (Wildman–Crippen LogP) is 6.18. The summed E-state index contributed by atoms with van der Waals surface area (Å²) in [4.78, 5) is 25.9. The van der Waals surface area contributed by atoms with Gasteiger partial charge in [-0.1, -0.05) is 41.9 Å². The van der Waals surface area contributed by atoms with Gasteiger partial charge in [0.1, 0.15) is 5.69 Å². The van der Waals surface area contributed by atoms with Crippen molar-refractivity contribution in [1.82, 2.24) is 14.9 Å². The van der Waals surface area contributed by atoms with Crippen LogP contribution in [-0.2, 0) is 6.42 Å². The number of thiazole rings is 1. The summed E-state index contributed by atoms with van der Waals surface area (Å²) in [6, 6.07) is 14.2. The Morgan fingerprint density at radius 1 is 1.19 bits per heavy atom. The van der Waals surface area contributed by atoms with Crippen molar-refractivity contribution in [2.45, 2.75) is 51.5 Å². The van der Waals surface area contributed by atoms with Crippen molar-refractivity contribution in [2.75, 3.05) is 6.54 Å². The van der Waals surface area contributed by atoms with Crippen molar-refractivity contribution >= 4 is 28.8 Å². The van der Waals surface area contributed by atoms with Crippen LogP contribution in [0.1, 0.15) is 53.3 Å². The van der Waals surface area contributed by atoms with E-state index in [0.29, 0.717) is 16.1 Å². The van der Waals surface area contributed by atoms with Crippen molar-refractivity contribution in [3.8, 4) is 10.4 Å². The molecule has 4 nitrogen and oxygen atoms in total. The molecule has 2 aromatic heterocycles. The third kappa shape index (κ3) is 4.39. The van der Waals surface area contributed by atoms with Crippen LogP contribution in [-0.4, -0.2) is 33.4 Å². The van der Waals surface area contributed by atoms with Crippen LogP contribution in [0.15, 0.2) is 48.7 Å². The molecule has 1 aliphatic carbocycles. The SMILES string of the molecule is Cc1nc(C(=O)N2CCC3(CC3)CC2CCc2ccc(Cl)cn2)c(-c2ccccc2)s1. The summed E-state index contributed by atoms with van der Waals surface area (Å²) < 4.78 is 0. The van der Waals surface area contributed by atoms with Gasteiger partial charge in [0, 0.05) is 24.5 Å². The molecule has 5 rings (SSSR count). The molecule has 2 aliphatic rings. The van der Waals surface area contributed by atoms with E-state index in [1.54, 1.807) is 17.5 Å². The molecule has 1 aromatic carbocycles. The highest BCUT2D eigenvalue weighted by atomic mass is 35.5. The number of amides is 1. The summed E-state index contributed by atoms with van der Waals surface area (Å²) in [5.74, 6) is 0.0766. The van der Waals surface area contributed by atoms with Gasteiger partial charge in [-0.15, -0.1) is 11.3 Å². The van der Waals surface area contributed by atoms with Gasteiger partial charge in [-0.3, -0.25) is 9.78 Å². The van der Waals surface area contributed by atoms with Crippen molar-refractivity contribution in [2.24, 2.45) is 5.41 Å². The second kappa shape index (κ2) is 8.36. The minimum atomic E-state index is 0.0766. The molecule has 1 amide bonds. The molecule has 31 heavy (non-hydrogen) atoms. The Morgan fingerprint density at radius 2 is 2.00 bits per heavy atom. The fraction of sp³-hybridized carbons (Fsp3) is 0.400. The third-order valence-corrected chi connectivity index (χ3v) is 7.95. The Hall–Kier alpha value is -2.24. The smallest absolute Gasteiger partial charge is 0.274 e. The van der Waals surface area contributed by atoms with Gasteiger partial charge in [-0.25, -0.2) is 4.98 Å². The Labute approximate surface area is 192 Å². The van der Waals surface area contributed by atoms with E-state index in [1.165, 1.54) is 12.8 Å². The number of hydrogen-bond donors (Lipinski definition) is 0. The van der Waals surface area contributed by atoms with E-state index < -0.39 is 0 Å². The molecule has 0 bridgehead atoms. The lowest BCUT2D eigenvalue weighted by atomic mass is 9.85. The van der Waals surface area contributed by atoms with Gasteiger partial charge < -0.3 is 4.90 Å². The molecule has 1 unspecified atom stereocenters. The fourth-order valence-electron chi connectivity index (χ4n) is 4.77. The number of hydrogen-bond acceptors (Lipinski definition) is 4. The van der Waals surface area contributed by atoms with Crippen LogP contribution >= 0.6 is 22.9 Å². The van der Waals surface area contributed by atoms with Gasteiger partial charge in [0.15, 0.2) is 0 Å². The Balaban J connectivity index is 1.39. The maximum Gasteiger partial charge on any atom is 0.274 e. The van der Waals surface area contributed by atoms with Crippen LogP contribution in [0, 0.1) is 12.3 Å². The molecular weight excluding hydrogens is 426 g/mol. The number of carbonyl (C=O) groups excluding carboxylic acids is 1. The average Bonchev–Trinajstić information content (AvgIpc) is 3.42. The first-order chi connectivity index (χ1) is 15.0. The highest BCUT2D eigenvalue weighted by Crippen LogP contribution is 2.55. The van der Waals surface area contributed by atoms with Gasteiger partial charge in [0.2, 0.25) is 0 Å². The minimum absolute atomic E-state index is 0.0766. The normalized spacial score (nSPS) is 19.5. The van der Waals surface area contributed by atoms with E-state index in [-0.39, 0.29) is 11.9 Å². The molecule has 3 aromatic rings. The van der Waals surface area contributed by atoms with Crippen LogP contribution in [0.4, 0.5) is 0 Å². The zero-order chi connectivity index (χ0) is 21.4. The van der Waals surface area contributed by atoms with Crippen LogP contribution in [0.25, 0.3) is 10.4 Å². The molecule has 0 N–H and O–H groups in total.